The summed E-state index contributed by atoms with van der Waals surface area (Å²) in [6.45, 7) is 1.75. The summed E-state index contributed by atoms with van der Waals surface area (Å²) >= 11 is 0. The minimum absolute atomic E-state index is 0.177. The van der Waals surface area contributed by atoms with Crippen LogP contribution in [-0.4, -0.2) is 35.8 Å². The number of halogens is 1. The zero-order chi connectivity index (χ0) is 14.1. The lowest BCUT2D eigenvalue weighted by molar-refractivity contribution is -0.123. The molecule has 0 aliphatic carbocycles. The van der Waals surface area contributed by atoms with Gasteiger partial charge in [-0.3, -0.25) is 14.5 Å². The summed E-state index contributed by atoms with van der Waals surface area (Å²) in [6, 6.07) is 5.15. The quantitative estimate of drug-likeness (QED) is 0.775. The number of anilines is 1. The van der Waals surface area contributed by atoms with Crippen molar-refractivity contribution in [1.29, 1.82) is 0 Å². The van der Waals surface area contributed by atoms with E-state index >= 15 is 0 Å². The molecular weight excluding hydrogens is 259 g/mol. The number of carbonyl (C=O) groups is 2. The molecule has 20 heavy (non-hydrogen) atoms. The predicted octanol–water partition coefficient (Wildman–Crippen LogP) is 1.94. The fraction of sp³-hybridized carbons (Fsp3) is 0.467. The Morgan fingerprint density at radius 1 is 1.00 bits per heavy atom. The first-order valence-corrected chi connectivity index (χ1v) is 7.03. The number of hydrogen-bond donors (Lipinski definition) is 0. The highest BCUT2D eigenvalue weighted by Crippen LogP contribution is 2.27. The summed E-state index contributed by atoms with van der Waals surface area (Å²) in [4.78, 5) is 27.9. The molecule has 0 N–H and O–H groups in total. The number of hydrogen-bond acceptors (Lipinski definition) is 3. The Morgan fingerprint density at radius 2 is 1.65 bits per heavy atom. The molecule has 2 heterocycles. The van der Waals surface area contributed by atoms with Crippen LogP contribution in [0, 0.1) is 5.82 Å². The molecule has 2 saturated heterocycles. The Balaban J connectivity index is 1.81. The SMILES string of the molecule is O=C1CC(N2CCCCC2)C(=O)N1c1ccc(F)cc1. The smallest absolute Gasteiger partial charge is 0.251 e. The maximum Gasteiger partial charge on any atom is 0.251 e. The first kappa shape index (κ1) is 13.2. The Labute approximate surface area is 117 Å². The van der Waals surface area contributed by atoms with Gasteiger partial charge in [-0.2, -0.15) is 0 Å². The van der Waals surface area contributed by atoms with Crippen LogP contribution in [0.4, 0.5) is 10.1 Å². The molecule has 1 aromatic carbocycles. The van der Waals surface area contributed by atoms with Gasteiger partial charge in [0.25, 0.3) is 5.91 Å². The van der Waals surface area contributed by atoms with Crippen molar-refractivity contribution in [3.05, 3.63) is 30.1 Å². The monoisotopic (exact) mass is 276 g/mol. The maximum atomic E-state index is 12.9. The largest absolute Gasteiger partial charge is 0.292 e. The third-order valence-electron chi connectivity index (χ3n) is 4.04. The van der Waals surface area contributed by atoms with Crippen LogP contribution in [0.25, 0.3) is 0 Å². The van der Waals surface area contributed by atoms with E-state index in [0.717, 1.165) is 25.9 Å². The van der Waals surface area contributed by atoms with Gasteiger partial charge in [-0.15, -0.1) is 0 Å². The second-order valence-corrected chi connectivity index (χ2v) is 5.36. The zero-order valence-electron chi connectivity index (χ0n) is 11.2. The van der Waals surface area contributed by atoms with E-state index in [-0.39, 0.29) is 30.1 Å². The molecule has 0 radical (unpaired) electrons. The molecule has 1 unspecified atom stereocenters. The predicted molar refractivity (Wildman–Crippen MR) is 72.7 cm³/mol. The van der Waals surface area contributed by atoms with Crippen molar-refractivity contribution < 1.29 is 14.0 Å². The lowest BCUT2D eigenvalue weighted by Gasteiger charge is -2.30. The van der Waals surface area contributed by atoms with Gasteiger partial charge < -0.3 is 0 Å². The summed E-state index contributed by atoms with van der Waals surface area (Å²) in [5.41, 5.74) is 0.459. The van der Waals surface area contributed by atoms with E-state index < -0.39 is 0 Å². The molecule has 2 aliphatic heterocycles. The van der Waals surface area contributed by atoms with Gasteiger partial charge in [0.15, 0.2) is 0 Å². The van der Waals surface area contributed by atoms with Crippen LogP contribution in [0.1, 0.15) is 25.7 Å². The van der Waals surface area contributed by atoms with Gasteiger partial charge in [0.2, 0.25) is 5.91 Å². The Kier molecular flexibility index (Phi) is 3.53. The van der Waals surface area contributed by atoms with E-state index in [1.165, 1.54) is 35.6 Å². The topological polar surface area (TPSA) is 40.6 Å². The first-order valence-electron chi connectivity index (χ1n) is 7.03. The van der Waals surface area contributed by atoms with Crippen molar-refractivity contribution in [2.75, 3.05) is 18.0 Å². The fourth-order valence-corrected chi connectivity index (χ4v) is 2.99. The second kappa shape index (κ2) is 5.32. The van der Waals surface area contributed by atoms with E-state index in [2.05, 4.69) is 4.90 Å². The molecule has 1 aromatic rings. The Morgan fingerprint density at radius 3 is 2.30 bits per heavy atom. The molecule has 0 spiro atoms. The van der Waals surface area contributed by atoms with Crippen LogP contribution in [-0.2, 0) is 9.59 Å². The molecule has 0 bridgehead atoms. The zero-order valence-corrected chi connectivity index (χ0v) is 11.2. The molecule has 3 rings (SSSR count). The van der Waals surface area contributed by atoms with Crippen molar-refractivity contribution in [2.45, 2.75) is 31.7 Å². The van der Waals surface area contributed by atoms with Crippen molar-refractivity contribution >= 4 is 17.5 Å². The number of nitrogens with zero attached hydrogens (tertiary/aromatic N) is 2. The third kappa shape index (κ3) is 2.33. The van der Waals surface area contributed by atoms with Gasteiger partial charge in [-0.1, -0.05) is 6.42 Å². The van der Waals surface area contributed by atoms with Gasteiger partial charge in [-0.05, 0) is 50.2 Å². The standard InChI is InChI=1S/C15H17FN2O2/c16-11-4-6-12(7-5-11)18-14(19)10-13(15(18)20)17-8-2-1-3-9-17/h4-7,13H,1-3,8-10H2. The minimum atomic E-state index is -0.375. The van der Waals surface area contributed by atoms with Crippen LogP contribution in [0.5, 0.6) is 0 Å². The Hall–Kier alpha value is -1.75. The van der Waals surface area contributed by atoms with Crippen molar-refractivity contribution in [2.24, 2.45) is 0 Å². The fourth-order valence-electron chi connectivity index (χ4n) is 2.99. The summed E-state index contributed by atoms with van der Waals surface area (Å²) in [5.74, 6) is -0.749. The molecule has 0 saturated carbocycles. The highest BCUT2D eigenvalue weighted by atomic mass is 19.1. The molecule has 1 atom stereocenters. The number of piperidine rings is 1. The molecule has 2 fully saturated rings. The van der Waals surface area contributed by atoms with E-state index in [0.29, 0.717) is 5.69 Å². The first-order chi connectivity index (χ1) is 9.66. The number of amides is 2. The lowest BCUT2D eigenvalue weighted by atomic mass is 10.1. The normalized spacial score (nSPS) is 24.4. The summed E-state index contributed by atoms with van der Waals surface area (Å²) in [5, 5.41) is 0. The van der Waals surface area contributed by atoms with Gasteiger partial charge in [0.1, 0.15) is 5.82 Å². The van der Waals surface area contributed by atoms with Crippen LogP contribution in [0.2, 0.25) is 0 Å². The number of benzene rings is 1. The third-order valence-corrected chi connectivity index (χ3v) is 4.04. The van der Waals surface area contributed by atoms with Gasteiger partial charge >= 0.3 is 0 Å². The van der Waals surface area contributed by atoms with Crippen LogP contribution >= 0.6 is 0 Å². The molecule has 5 heteroatoms. The van der Waals surface area contributed by atoms with E-state index in [1.807, 2.05) is 0 Å². The number of imide groups is 1. The molecule has 0 aromatic heterocycles. The highest BCUT2D eigenvalue weighted by Gasteiger charge is 2.42. The van der Waals surface area contributed by atoms with Gasteiger partial charge in [0, 0.05) is 0 Å². The average molecular weight is 276 g/mol. The van der Waals surface area contributed by atoms with Gasteiger partial charge in [0.05, 0.1) is 18.2 Å². The van der Waals surface area contributed by atoms with Gasteiger partial charge in [-0.25, -0.2) is 9.29 Å². The van der Waals surface area contributed by atoms with Crippen LogP contribution in [0.3, 0.4) is 0 Å². The second-order valence-electron chi connectivity index (χ2n) is 5.36. The van der Waals surface area contributed by atoms with Crippen LogP contribution in [0.15, 0.2) is 24.3 Å². The summed E-state index contributed by atoms with van der Waals surface area (Å²) in [7, 11) is 0. The Bertz CT molecular complexity index is 523. The molecule has 106 valence electrons. The average Bonchev–Trinajstić information content (AvgIpc) is 2.76. The minimum Gasteiger partial charge on any atom is -0.292 e. The number of rotatable bonds is 2. The summed E-state index contributed by atoms with van der Waals surface area (Å²) in [6.07, 6.45) is 3.58. The van der Waals surface area contributed by atoms with Crippen molar-refractivity contribution in [3.63, 3.8) is 0 Å². The van der Waals surface area contributed by atoms with Crippen molar-refractivity contribution in [3.8, 4) is 0 Å². The molecule has 2 aliphatic rings. The van der Waals surface area contributed by atoms with E-state index in [9.17, 15) is 14.0 Å². The molecule has 4 nitrogen and oxygen atoms in total. The van der Waals surface area contributed by atoms with Crippen molar-refractivity contribution in [1.82, 2.24) is 4.90 Å². The van der Waals surface area contributed by atoms with E-state index in [4.69, 9.17) is 0 Å². The molecule has 2 amide bonds. The van der Waals surface area contributed by atoms with Crippen LogP contribution < -0.4 is 4.90 Å². The highest BCUT2D eigenvalue weighted by molar-refractivity contribution is 6.22. The van der Waals surface area contributed by atoms with E-state index in [1.54, 1.807) is 0 Å². The number of likely N-dealkylation sites (tertiary alicyclic amines) is 1. The lowest BCUT2D eigenvalue weighted by Crippen LogP contribution is -2.44. The number of carbonyl (C=O) groups excluding carboxylic acids is 2. The summed E-state index contributed by atoms with van der Waals surface area (Å²) < 4.78 is 12.9. The molecular formula is C15H17FN2O2. The maximum absolute atomic E-state index is 12.9.